The third-order valence-electron chi connectivity index (χ3n) is 3.78. The van der Waals surface area contributed by atoms with Crippen LogP contribution >= 0.6 is 0 Å². The summed E-state index contributed by atoms with van der Waals surface area (Å²) in [5, 5.41) is 0. The van der Waals surface area contributed by atoms with Crippen LogP contribution in [-0.4, -0.2) is 62.1 Å². The van der Waals surface area contributed by atoms with Crippen molar-refractivity contribution in [2.24, 2.45) is 0 Å². The lowest BCUT2D eigenvalue weighted by Crippen LogP contribution is -2.46. The molecule has 1 aromatic carbocycles. The Morgan fingerprint density at radius 2 is 1.96 bits per heavy atom. The van der Waals surface area contributed by atoms with Crippen LogP contribution in [0.15, 0.2) is 24.3 Å². The van der Waals surface area contributed by atoms with E-state index in [9.17, 15) is 18.0 Å². The molecule has 1 aliphatic heterocycles. The van der Waals surface area contributed by atoms with Crippen molar-refractivity contribution >= 4 is 5.91 Å². The molecule has 0 radical (unpaired) electrons. The lowest BCUT2D eigenvalue weighted by molar-refractivity contribution is -0.137. The van der Waals surface area contributed by atoms with E-state index in [4.69, 9.17) is 4.74 Å². The average molecular weight is 330 g/mol. The zero-order chi connectivity index (χ0) is 17.0. The minimum atomic E-state index is -4.39. The zero-order valence-corrected chi connectivity index (χ0v) is 13.3. The van der Waals surface area contributed by atoms with Crippen molar-refractivity contribution in [3.8, 4) is 0 Å². The van der Waals surface area contributed by atoms with Gasteiger partial charge in [0.1, 0.15) is 0 Å². The summed E-state index contributed by atoms with van der Waals surface area (Å²) in [6.07, 6.45) is -3.62. The Morgan fingerprint density at radius 1 is 1.30 bits per heavy atom. The van der Waals surface area contributed by atoms with E-state index in [1.165, 1.54) is 12.1 Å². The Hall–Kier alpha value is -1.60. The van der Waals surface area contributed by atoms with E-state index in [0.717, 1.165) is 25.1 Å². The highest BCUT2D eigenvalue weighted by molar-refractivity contribution is 5.94. The maximum Gasteiger partial charge on any atom is 0.416 e. The van der Waals surface area contributed by atoms with Crippen molar-refractivity contribution in [3.05, 3.63) is 35.4 Å². The van der Waals surface area contributed by atoms with Gasteiger partial charge in [0, 0.05) is 25.2 Å². The highest BCUT2D eigenvalue weighted by Gasteiger charge is 2.31. The van der Waals surface area contributed by atoms with E-state index in [1.807, 2.05) is 19.0 Å². The molecule has 0 saturated carbocycles. The number of alkyl halides is 3. The van der Waals surface area contributed by atoms with Gasteiger partial charge in [-0.05, 0) is 44.8 Å². The quantitative estimate of drug-likeness (QED) is 0.850. The van der Waals surface area contributed by atoms with Crippen molar-refractivity contribution < 1.29 is 22.7 Å². The van der Waals surface area contributed by atoms with Crippen LogP contribution in [0.3, 0.4) is 0 Å². The molecule has 23 heavy (non-hydrogen) atoms. The van der Waals surface area contributed by atoms with Gasteiger partial charge in [0.05, 0.1) is 18.3 Å². The van der Waals surface area contributed by atoms with Crippen LogP contribution in [0.2, 0.25) is 0 Å². The molecule has 1 fully saturated rings. The molecule has 7 heteroatoms. The predicted molar refractivity (Wildman–Crippen MR) is 80.3 cm³/mol. The number of hydrogen-bond donors (Lipinski definition) is 0. The Morgan fingerprint density at radius 3 is 2.52 bits per heavy atom. The molecule has 0 spiro atoms. The van der Waals surface area contributed by atoms with E-state index in [0.29, 0.717) is 19.7 Å². The van der Waals surface area contributed by atoms with Crippen LogP contribution in [0.5, 0.6) is 0 Å². The Labute approximate surface area is 133 Å². The summed E-state index contributed by atoms with van der Waals surface area (Å²) in [5.41, 5.74) is -0.480. The molecule has 1 aromatic rings. The maximum atomic E-state index is 12.6. The summed E-state index contributed by atoms with van der Waals surface area (Å²) in [6, 6.07) is 4.35. The van der Waals surface area contributed by atoms with Crippen molar-refractivity contribution in [2.75, 3.05) is 40.3 Å². The van der Waals surface area contributed by atoms with Crippen molar-refractivity contribution in [1.29, 1.82) is 0 Å². The number of halogens is 3. The molecule has 128 valence electrons. The SMILES string of the molecule is CN(C)CCC1CN(C(=O)c2ccc(C(F)(F)F)cc2)CCO1. The van der Waals surface area contributed by atoms with Gasteiger partial charge in [0.25, 0.3) is 5.91 Å². The number of amides is 1. The topological polar surface area (TPSA) is 32.8 Å². The molecule has 1 amide bonds. The summed E-state index contributed by atoms with van der Waals surface area (Å²) in [5.74, 6) is -0.253. The van der Waals surface area contributed by atoms with Crippen molar-refractivity contribution in [1.82, 2.24) is 9.80 Å². The van der Waals surface area contributed by atoms with E-state index in [2.05, 4.69) is 0 Å². The number of ether oxygens (including phenoxy) is 1. The van der Waals surface area contributed by atoms with Crippen molar-refractivity contribution in [3.63, 3.8) is 0 Å². The van der Waals surface area contributed by atoms with Crippen LogP contribution < -0.4 is 0 Å². The minimum Gasteiger partial charge on any atom is -0.374 e. The van der Waals surface area contributed by atoms with Gasteiger partial charge in [0.2, 0.25) is 0 Å². The largest absolute Gasteiger partial charge is 0.416 e. The van der Waals surface area contributed by atoms with Gasteiger partial charge in [-0.3, -0.25) is 4.79 Å². The Kier molecular flexibility index (Phi) is 5.64. The van der Waals surface area contributed by atoms with Gasteiger partial charge < -0.3 is 14.5 Å². The first kappa shape index (κ1) is 17.7. The second-order valence-electron chi connectivity index (χ2n) is 5.91. The molecule has 0 N–H and O–H groups in total. The lowest BCUT2D eigenvalue weighted by Gasteiger charge is -2.33. The van der Waals surface area contributed by atoms with E-state index >= 15 is 0 Å². The van der Waals surface area contributed by atoms with E-state index < -0.39 is 11.7 Å². The summed E-state index contributed by atoms with van der Waals surface area (Å²) < 4.78 is 43.3. The molecule has 0 aromatic heterocycles. The summed E-state index contributed by atoms with van der Waals surface area (Å²) in [7, 11) is 3.93. The van der Waals surface area contributed by atoms with E-state index in [1.54, 1.807) is 4.90 Å². The molecule has 1 atom stereocenters. The Balaban J connectivity index is 1.99. The number of benzene rings is 1. The highest BCUT2D eigenvalue weighted by atomic mass is 19.4. The van der Waals surface area contributed by atoms with Crippen LogP contribution in [0.25, 0.3) is 0 Å². The van der Waals surface area contributed by atoms with Gasteiger partial charge in [0.15, 0.2) is 0 Å². The van der Waals surface area contributed by atoms with Crippen LogP contribution in [0.4, 0.5) is 13.2 Å². The van der Waals surface area contributed by atoms with Crippen molar-refractivity contribution in [2.45, 2.75) is 18.7 Å². The highest BCUT2D eigenvalue weighted by Crippen LogP contribution is 2.29. The fraction of sp³-hybridized carbons (Fsp3) is 0.562. The minimum absolute atomic E-state index is 0.0375. The monoisotopic (exact) mass is 330 g/mol. The lowest BCUT2D eigenvalue weighted by atomic mass is 10.1. The van der Waals surface area contributed by atoms with Gasteiger partial charge in [-0.25, -0.2) is 0 Å². The third-order valence-corrected chi connectivity index (χ3v) is 3.78. The fourth-order valence-electron chi connectivity index (χ4n) is 2.46. The van der Waals surface area contributed by atoms with E-state index in [-0.39, 0.29) is 17.6 Å². The van der Waals surface area contributed by atoms with Gasteiger partial charge >= 0.3 is 6.18 Å². The number of carbonyl (C=O) groups excluding carboxylic acids is 1. The molecule has 4 nitrogen and oxygen atoms in total. The first-order valence-electron chi connectivity index (χ1n) is 7.50. The molecule has 2 rings (SSSR count). The molecule has 1 heterocycles. The third kappa shape index (κ3) is 4.94. The number of hydrogen-bond acceptors (Lipinski definition) is 3. The first-order valence-corrected chi connectivity index (χ1v) is 7.50. The summed E-state index contributed by atoms with van der Waals surface area (Å²) >= 11 is 0. The molecule has 1 aliphatic rings. The van der Waals surface area contributed by atoms with Crippen LogP contribution in [0.1, 0.15) is 22.3 Å². The average Bonchev–Trinajstić information content (AvgIpc) is 2.52. The molecule has 0 aliphatic carbocycles. The number of rotatable bonds is 4. The Bertz CT molecular complexity index is 529. The molecule has 1 unspecified atom stereocenters. The standard InChI is InChI=1S/C16H21F3N2O2/c1-20(2)8-7-14-11-21(9-10-23-14)15(22)12-3-5-13(6-4-12)16(17,18)19/h3-6,14H,7-11H2,1-2H3. The second kappa shape index (κ2) is 7.31. The fourth-order valence-corrected chi connectivity index (χ4v) is 2.46. The van der Waals surface area contributed by atoms with Crippen LogP contribution in [-0.2, 0) is 10.9 Å². The smallest absolute Gasteiger partial charge is 0.374 e. The zero-order valence-electron chi connectivity index (χ0n) is 13.3. The summed E-state index contributed by atoms with van der Waals surface area (Å²) in [4.78, 5) is 16.1. The maximum absolute atomic E-state index is 12.6. The number of nitrogens with zero attached hydrogens (tertiary/aromatic N) is 2. The molecule has 1 saturated heterocycles. The normalized spacial score (nSPS) is 19.2. The first-order chi connectivity index (χ1) is 10.8. The number of morpholine rings is 1. The molecule has 0 bridgehead atoms. The second-order valence-corrected chi connectivity index (χ2v) is 5.91. The summed E-state index contributed by atoms with van der Waals surface area (Å²) in [6.45, 7) is 2.23. The molecular weight excluding hydrogens is 309 g/mol. The number of carbonyl (C=O) groups is 1. The van der Waals surface area contributed by atoms with Gasteiger partial charge in [-0.15, -0.1) is 0 Å². The van der Waals surface area contributed by atoms with Gasteiger partial charge in [-0.1, -0.05) is 0 Å². The van der Waals surface area contributed by atoms with Crippen LogP contribution in [0, 0.1) is 0 Å². The predicted octanol–water partition coefficient (Wildman–Crippen LogP) is 2.50. The van der Waals surface area contributed by atoms with Gasteiger partial charge in [-0.2, -0.15) is 13.2 Å². The molecular formula is C16H21F3N2O2.